The highest BCUT2D eigenvalue weighted by molar-refractivity contribution is 7.09. The van der Waals surface area contributed by atoms with Gasteiger partial charge >= 0.3 is 0 Å². The summed E-state index contributed by atoms with van der Waals surface area (Å²) in [7, 11) is 1.83. The molecule has 0 unspecified atom stereocenters. The second-order valence-corrected chi connectivity index (χ2v) is 6.28. The van der Waals surface area contributed by atoms with E-state index in [1.54, 1.807) is 20.7 Å². The Kier molecular flexibility index (Phi) is 4.26. The van der Waals surface area contributed by atoms with E-state index in [1.807, 2.05) is 13.2 Å². The lowest BCUT2D eigenvalue weighted by Gasteiger charge is -1.96. The maximum absolute atomic E-state index is 6.33. The molecule has 8 heteroatoms. The molecule has 0 aliphatic heterocycles. The van der Waals surface area contributed by atoms with Crippen LogP contribution in [0.2, 0.25) is 5.15 Å². The highest BCUT2D eigenvalue weighted by atomic mass is 35.5. The number of thiazole rings is 1. The van der Waals surface area contributed by atoms with Gasteiger partial charge in [-0.3, -0.25) is 4.68 Å². The van der Waals surface area contributed by atoms with Crippen molar-refractivity contribution in [2.45, 2.75) is 33.2 Å². The summed E-state index contributed by atoms with van der Waals surface area (Å²) in [6.07, 6.45) is 3.65. The topological polar surface area (TPSA) is 61.4 Å². The summed E-state index contributed by atoms with van der Waals surface area (Å²) in [5.41, 5.74) is 3.67. The summed E-state index contributed by atoms with van der Waals surface area (Å²) in [5.74, 6) is 0. The van der Waals surface area contributed by atoms with Crippen LogP contribution < -0.4 is 0 Å². The molecule has 0 atom stereocenters. The van der Waals surface area contributed by atoms with Gasteiger partial charge in [0.25, 0.3) is 0 Å². The van der Waals surface area contributed by atoms with Crippen molar-refractivity contribution >= 4 is 22.9 Å². The van der Waals surface area contributed by atoms with Crippen LogP contribution in [0, 0.1) is 0 Å². The Labute approximate surface area is 137 Å². The molecule has 22 heavy (non-hydrogen) atoms. The normalized spacial score (nSPS) is 11.3. The monoisotopic (exact) mass is 336 g/mol. The average Bonchev–Trinajstić information content (AvgIpc) is 3.21. The molecule has 116 valence electrons. The van der Waals surface area contributed by atoms with Gasteiger partial charge in [0.05, 0.1) is 29.7 Å². The lowest BCUT2D eigenvalue weighted by molar-refractivity contribution is 0.646. The summed E-state index contributed by atoms with van der Waals surface area (Å²) < 4.78 is 3.46. The third-order valence-electron chi connectivity index (χ3n) is 3.44. The zero-order valence-electron chi connectivity index (χ0n) is 12.7. The molecule has 0 aliphatic rings. The second kappa shape index (κ2) is 6.18. The van der Waals surface area contributed by atoms with Crippen LogP contribution in [0.3, 0.4) is 0 Å². The third-order valence-corrected chi connectivity index (χ3v) is 4.75. The smallest absolute Gasteiger partial charge is 0.136 e. The minimum atomic E-state index is 0.589. The standard InChI is InChI=1S/C14H17ClN6S/c1-4-9-8-22-12(16-9)7-21-6-11(17-19-21)13-10(5-2)18-20(3)14(13)15/h6,8H,4-5,7H2,1-3H3. The third kappa shape index (κ3) is 2.78. The largest absolute Gasteiger partial charge is 0.256 e. The predicted molar refractivity (Wildman–Crippen MR) is 87.2 cm³/mol. The van der Waals surface area contributed by atoms with Crippen LogP contribution >= 0.6 is 22.9 Å². The molecule has 3 rings (SSSR count). The molecule has 3 heterocycles. The first kappa shape index (κ1) is 15.2. The highest BCUT2D eigenvalue weighted by Crippen LogP contribution is 2.29. The van der Waals surface area contributed by atoms with E-state index in [9.17, 15) is 0 Å². The van der Waals surface area contributed by atoms with Crippen LogP contribution in [0.5, 0.6) is 0 Å². The summed E-state index contributed by atoms with van der Waals surface area (Å²) in [4.78, 5) is 4.55. The first-order chi connectivity index (χ1) is 10.6. The first-order valence-electron chi connectivity index (χ1n) is 7.17. The quantitative estimate of drug-likeness (QED) is 0.718. The Bertz CT molecular complexity index is 787. The van der Waals surface area contributed by atoms with Gasteiger partial charge in [-0.25, -0.2) is 9.67 Å². The maximum Gasteiger partial charge on any atom is 0.136 e. The molecule has 3 aromatic heterocycles. The van der Waals surface area contributed by atoms with Crippen molar-refractivity contribution in [2.24, 2.45) is 7.05 Å². The van der Waals surface area contributed by atoms with E-state index in [0.29, 0.717) is 11.7 Å². The second-order valence-electron chi connectivity index (χ2n) is 4.98. The lowest BCUT2D eigenvalue weighted by atomic mass is 10.1. The van der Waals surface area contributed by atoms with E-state index in [1.165, 1.54) is 0 Å². The molecule has 0 saturated heterocycles. The van der Waals surface area contributed by atoms with Crippen molar-refractivity contribution in [3.63, 3.8) is 0 Å². The number of rotatable bonds is 5. The van der Waals surface area contributed by atoms with Crippen molar-refractivity contribution in [3.8, 4) is 11.3 Å². The Morgan fingerprint density at radius 3 is 2.77 bits per heavy atom. The molecular formula is C14H17ClN6S. The fraction of sp³-hybridized carbons (Fsp3) is 0.429. The first-order valence-corrected chi connectivity index (χ1v) is 8.43. The van der Waals surface area contributed by atoms with Gasteiger partial charge in [0.2, 0.25) is 0 Å². The summed E-state index contributed by atoms with van der Waals surface area (Å²) in [6, 6.07) is 0. The van der Waals surface area contributed by atoms with Gasteiger partial charge in [-0.1, -0.05) is 30.7 Å². The minimum Gasteiger partial charge on any atom is -0.256 e. The van der Waals surface area contributed by atoms with Gasteiger partial charge in [-0.15, -0.1) is 16.4 Å². The number of hydrogen-bond acceptors (Lipinski definition) is 5. The van der Waals surface area contributed by atoms with E-state index in [-0.39, 0.29) is 0 Å². The van der Waals surface area contributed by atoms with Gasteiger partial charge in [0.1, 0.15) is 15.9 Å². The molecule has 0 fully saturated rings. The molecule has 0 saturated carbocycles. The molecule has 0 radical (unpaired) electrons. The molecule has 6 nitrogen and oxygen atoms in total. The lowest BCUT2D eigenvalue weighted by Crippen LogP contribution is -2.00. The predicted octanol–water partition coefficient (Wildman–Crippen LogP) is 2.96. The van der Waals surface area contributed by atoms with Crippen molar-refractivity contribution in [1.29, 1.82) is 0 Å². The fourth-order valence-corrected chi connectivity index (χ4v) is 3.38. The van der Waals surface area contributed by atoms with Crippen molar-refractivity contribution < 1.29 is 0 Å². The number of halogens is 1. The van der Waals surface area contributed by atoms with Crippen LogP contribution in [-0.2, 0) is 26.4 Å². The number of aryl methyl sites for hydroxylation is 3. The number of hydrogen-bond donors (Lipinski definition) is 0. The van der Waals surface area contributed by atoms with Crippen LogP contribution in [0.25, 0.3) is 11.3 Å². The highest BCUT2D eigenvalue weighted by Gasteiger charge is 2.18. The van der Waals surface area contributed by atoms with Crippen molar-refractivity contribution in [3.05, 3.63) is 33.1 Å². The Balaban J connectivity index is 1.87. The zero-order chi connectivity index (χ0) is 15.7. The SMILES string of the molecule is CCc1csc(Cn2cc(-c3c(CC)nn(C)c3Cl)nn2)n1. The zero-order valence-corrected chi connectivity index (χ0v) is 14.3. The fourth-order valence-electron chi connectivity index (χ4n) is 2.27. The van der Waals surface area contributed by atoms with Gasteiger partial charge in [0.15, 0.2) is 0 Å². The molecule has 3 aromatic rings. The summed E-state index contributed by atoms with van der Waals surface area (Å²) >= 11 is 7.98. The van der Waals surface area contributed by atoms with Crippen LogP contribution in [0.1, 0.15) is 30.2 Å². The van der Waals surface area contributed by atoms with E-state index >= 15 is 0 Å². The van der Waals surface area contributed by atoms with Gasteiger partial charge in [0, 0.05) is 12.4 Å². The number of aromatic nitrogens is 6. The summed E-state index contributed by atoms with van der Waals surface area (Å²) in [5, 5.41) is 16.5. The molecule has 0 amide bonds. The van der Waals surface area contributed by atoms with Crippen LogP contribution in [0.4, 0.5) is 0 Å². The van der Waals surface area contributed by atoms with Crippen LogP contribution in [0.15, 0.2) is 11.6 Å². The number of nitrogens with zero attached hydrogens (tertiary/aromatic N) is 6. The molecule has 0 spiro atoms. The molecular weight excluding hydrogens is 320 g/mol. The van der Waals surface area contributed by atoms with E-state index in [2.05, 4.69) is 39.6 Å². The van der Waals surface area contributed by atoms with E-state index in [0.717, 1.165) is 40.5 Å². The summed E-state index contributed by atoms with van der Waals surface area (Å²) in [6.45, 7) is 4.77. The maximum atomic E-state index is 6.33. The van der Waals surface area contributed by atoms with Gasteiger partial charge in [-0.2, -0.15) is 5.10 Å². The molecule has 0 bridgehead atoms. The minimum absolute atomic E-state index is 0.589. The van der Waals surface area contributed by atoms with Crippen molar-refractivity contribution in [2.75, 3.05) is 0 Å². The van der Waals surface area contributed by atoms with E-state index in [4.69, 9.17) is 11.6 Å². The van der Waals surface area contributed by atoms with Gasteiger partial charge < -0.3 is 0 Å². The molecule has 0 aliphatic carbocycles. The van der Waals surface area contributed by atoms with Crippen LogP contribution in [-0.4, -0.2) is 29.8 Å². The molecule has 0 N–H and O–H groups in total. The van der Waals surface area contributed by atoms with Crippen molar-refractivity contribution in [1.82, 2.24) is 29.8 Å². The van der Waals surface area contributed by atoms with Gasteiger partial charge in [-0.05, 0) is 12.8 Å². The Morgan fingerprint density at radius 2 is 2.09 bits per heavy atom. The van der Waals surface area contributed by atoms with E-state index < -0.39 is 0 Å². The Hall–Kier alpha value is -1.73. The average molecular weight is 337 g/mol. The molecule has 0 aromatic carbocycles. The Morgan fingerprint density at radius 1 is 1.27 bits per heavy atom.